The molecule has 0 atom stereocenters. The van der Waals surface area contributed by atoms with Gasteiger partial charge in [-0.05, 0) is 0 Å². The maximum absolute atomic E-state index is 7.33. The summed E-state index contributed by atoms with van der Waals surface area (Å²) in [6.07, 6.45) is 2.28. The number of hydrogen-bond acceptors (Lipinski definition) is 4. The van der Waals surface area contributed by atoms with Gasteiger partial charge < -0.3 is 26.1 Å². The van der Waals surface area contributed by atoms with Gasteiger partial charge in [0.1, 0.15) is 0 Å². The fourth-order valence-corrected chi connectivity index (χ4v) is 0. The molecule has 0 aliphatic rings. The van der Waals surface area contributed by atoms with Crippen LogP contribution in [-0.4, -0.2) is 28.2 Å². The molecule has 0 fully saturated rings. The van der Waals surface area contributed by atoms with E-state index < -0.39 is 9.05 Å². The third-order valence-corrected chi connectivity index (χ3v) is 0.354. The number of rotatable bonds is 1. The Bertz CT molecular complexity index is 47.7. The average Bonchev–Trinajstić information content (AvgIpc) is 1.61. The van der Waals surface area contributed by atoms with E-state index >= 15 is 0 Å². The minimum Gasteiger partial charge on any atom is -0.368 e. The first-order chi connectivity index (χ1) is 3.91. The minimum atomic E-state index is -4.61. The van der Waals surface area contributed by atoms with Crippen molar-refractivity contribution in [3.05, 3.63) is 6.92 Å². The van der Waals surface area contributed by atoms with Crippen molar-refractivity contribution in [1.29, 1.82) is 0 Å². The van der Waals surface area contributed by atoms with Gasteiger partial charge in [-0.25, -0.2) is 0 Å². The van der Waals surface area contributed by atoms with Gasteiger partial charge in [-0.2, -0.15) is 6.42 Å². The summed E-state index contributed by atoms with van der Waals surface area (Å²) < 4.78 is 0. The summed E-state index contributed by atoms with van der Waals surface area (Å²) in [7, 11) is -4.61. The Kier molecular flexibility index (Phi) is 18.9. The Balaban J connectivity index is -0.0000000910. The molecule has 0 aliphatic heterocycles. The fraction of sp³-hybridized carbons (Fsp3) is 0.750. The van der Waals surface area contributed by atoms with Gasteiger partial charge in [-0.1, -0.05) is 13.3 Å². The molecule has 0 aromatic carbocycles. The zero-order chi connectivity index (χ0) is 7.91. The normalized spacial score (nSPS) is 9.00. The van der Waals surface area contributed by atoms with Gasteiger partial charge in [0.05, 0.1) is 0 Å². The van der Waals surface area contributed by atoms with Crippen LogP contribution in [0.25, 0.3) is 0 Å². The summed E-state index contributed by atoms with van der Waals surface area (Å²) in [5.74, 6) is 0. The second kappa shape index (κ2) is 10.7. The van der Waals surface area contributed by atoms with Crippen molar-refractivity contribution in [3.63, 3.8) is 0 Å². The van der Waals surface area contributed by atoms with Crippen LogP contribution in [0.15, 0.2) is 0 Å². The Morgan fingerprint density at radius 3 is 1.30 bits per heavy atom. The molecule has 0 aromatic rings. The topological polar surface area (TPSA) is 80.9 Å². The quantitative estimate of drug-likeness (QED) is 0.252. The molecule has 0 rings (SSSR count). The van der Waals surface area contributed by atoms with E-state index in [-0.39, 0.29) is 51.4 Å². The first-order valence-electron chi connectivity index (χ1n) is 2.60. The molecule has 4 nitrogen and oxygen atoms in total. The standard InChI is InChI=1S/C4H9.K.H4O4Si/c1-3-4-2;;1-5(2,3)4/h1,3-4H2,2H3;;1-4H/q-1;+1;. The van der Waals surface area contributed by atoms with Crippen LogP contribution in [-0.2, 0) is 0 Å². The summed E-state index contributed by atoms with van der Waals surface area (Å²) in [5, 5.41) is 0. The van der Waals surface area contributed by atoms with E-state index in [0.717, 1.165) is 6.42 Å². The van der Waals surface area contributed by atoms with Crippen LogP contribution in [0.3, 0.4) is 0 Å². The Morgan fingerprint density at radius 2 is 1.30 bits per heavy atom. The van der Waals surface area contributed by atoms with Crippen LogP contribution in [0.4, 0.5) is 0 Å². The third-order valence-electron chi connectivity index (χ3n) is 0.354. The summed E-state index contributed by atoms with van der Waals surface area (Å²) in [4.78, 5) is 29.3. The monoisotopic (exact) mass is 192 g/mol. The molecule has 58 valence electrons. The molecule has 0 aliphatic carbocycles. The van der Waals surface area contributed by atoms with E-state index in [4.69, 9.17) is 19.2 Å². The average molecular weight is 192 g/mol. The zero-order valence-electron chi connectivity index (χ0n) is 6.41. The van der Waals surface area contributed by atoms with Crippen molar-refractivity contribution in [1.82, 2.24) is 0 Å². The second-order valence-electron chi connectivity index (χ2n) is 1.45. The molecular weight excluding hydrogens is 179 g/mol. The third kappa shape index (κ3) is 101. The molecule has 0 radical (unpaired) electrons. The van der Waals surface area contributed by atoms with E-state index in [1.54, 1.807) is 0 Å². The van der Waals surface area contributed by atoms with Crippen LogP contribution in [0.2, 0.25) is 0 Å². The number of unbranched alkanes of at least 4 members (excludes halogenated alkanes) is 1. The van der Waals surface area contributed by atoms with Crippen LogP contribution < -0.4 is 51.4 Å². The summed E-state index contributed by atoms with van der Waals surface area (Å²) in [5.41, 5.74) is 0. The summed E-state index contributed by atoms with van der Waals surface area (Å²) in [6, 6.07) is 0. The van der Waals surface area contributed by atoms with Gasteiger partial charge >= 0.3 is 60.4 Å². The van der Waals surface area contributed by atoms with Crippen molar-refractivity contribution in [2.24, 2.45) is 0 Å². The Morgan fingerprint density at radius 1 is 1.20 bits per heavy atom. The van der Waals surface area contributed by atoms with E-state index in [2.05, 4.69) is 13.8 Å². The van der Waals surface area contributed by atoms with Gasteiger partial charge in [0.25, 0.3) is 0 Å². The van der Waals surface area contributed by atoms with Gasteiger partial charge in [0.2, 0.25) is 0 Å². The molecule has 10 heavy (non-hydrogen) atoms. The first-order valence-corrected chi connectivity index (χ1v) is 4.39. The molecule has 0 heterocycles. The first kappa shape index (κ1) is 17.7. The van der Waals surface area contributed by atoms with Crippen molar-refractivity contribution in [2.45, 2.75) is 19.8 Å². The molecule has 0 bridgehead atoms. The minimum absolute atomic E-state index is 0. The summed E-state index contributed by atoms with van der Waals surface area (Å²) in [6.45, 7) is 5.72. The van der Waals surface area contributed by atoms with E-state index in [9.17, 15) is 0 Å². The molecule has 0 unspecified atom stereocenters. The van der Waals surface area contributed by atoms with E-state index in [1.807, 2.05) is 0 Å². The summed E-state index contributed by atoms with van der Waals surface area (Å²) >= 11 is 0. The number of hydrogen-bond donors (Lipinski definition) is 4. The van der Waals surface area contributed by atoms with Crippen molar-refractivity contribution >= 4 is 9.05 Å². The molecule has 0 saturated carbocycles. The molecule has 0 spiro atoms. The van der Waals surface area contributed by atoms with Crippen LogP contribution >= 0.6 is 0 Å². The van der Waals surface area contributed by atoms with Crippen molar-refractivity contribution in [3.8, 4) is 0 Å². The molecule has 0 saturated heterocycles. The molecular formula is C4H13KO4Si. The predicted molar refractivity (Wildman–Crippen MR) is 34.9 cm³/mol. The van der Waals surface area contributed by atoms with E-state index in [1.165, 1.54) is 6.42 Å². The Hall–Kier alpha value is 1.69. The predicted octanol–water partition coefficient (Wildman–Crippen LogP) is -3.98. The van der Waals surface area contributed by atoms with Crippen LogP contribution in [0, 0.1) is 6.92 Å². The zero-order valence-corrected chi connectivity index (χ0v) is 10.5. The van der Waals surface area contributed by atoms with Gasteiger partial charge in [0, 0.05) is 0 Å². The largest absolute Gasteiger partial charge is 1.00 e. The second-order valence-corrected chi connectivity index (χ2v) is 2.65. The molecule has 4 N–H and O–H groups in total. The smallest absolute Gasteiger partial charge is 0.368 e. The van der Waals surface area contributed by atoms with Crippen molar-refractivity contribution in [2.75, 3.05) is 0 Å². The van der Waals surface area contributed by atoms with Gasteiger partial charge in [-0.15, -0.1) is 0 Å². The SMILES string of the molecule is O[Si](O)(O)O.[CH2-]CCC.[K+]. The van der Waals surface area contributed by atoms with Gasteiger partial charge in [0.15, 0.2) is 0 Å². The van der Waals surface area contributed by atoms with E-state index in [0.29, 0.717) is 0 Å². The van der Waals surface area contributed by atoms with Crippen molar-refractivity contribution < 1.29 is 70.6 Å². The fourth-order valence-electron chi connectivity index (χ4n) is 0. The molecule has 0 aromatic heterocycles. The molecule has 6 heteroatoms. The maximum Gasteiger partial charge on any atom is 1.00 e. The van der Waals surface area contributed by atoms with Crippen LogP contribution in [0.1, 0.15) is 19.8 Å². The van der Waals surface area contributed by atoms with Gasteiger partial charge in [-0.3, -0.25) is 0 Å². The maximum atomic E-state index is 7.33. The molecule has 0 amide bonds. The Labute approximate surface area is 105 Å². The van der Waals surface area contributed by atoms with Crippen LogP contribution in [0.5, 0.6) is 0 Å².